The highest BCUT2D eigenvalue weighted by Gasteiger charge is 2.09. The van der Waals surface area contributed by atoms with Crippen LogP contribution >= 0.6 is 0 Å². The molecule has 0 saturated heterocycles. The standard InChI is InChI=1S/C18H35N3/c1-4-6-7-8-9-10-11-17(19-14-5-2)12-13-18-20-15-16-21(18)3/h15-17,19H,4-14H2,1-3H3. The lowest BCUT2D eigenvalue weighted by Crippen LogP contribution is -2.30. The SMILES string of the molecule is CCCCCCCCC(CCc1nccn1C)NCCC. The topological polar surface area (TPSA) is 29.9 Å². The van der Waals surface area contributed by atoms with E-state index in [1.165, 1.54) is 63.6 Å². The lowest BCUT2D eigenvalue weighted by Gasteiger charge is -2.18. The van der Waals surface area contributed by atoms with Gasteiger partial charge in [-0.15, -0.1) is 0 Å². The maximum absolute atomic E-state index is 4.43. The van der Waals surface area contributed by atoms with Crippen molar-refractivity contribution < 1.29 is 0 Å². The molecule has 1 N–H and O–H groups in total. The second-order valence-electron chi connectivity index (χ2n) is 6.20. The molecule has 0 aliphatic heterocycles. The molecule has 0 saturated carbocycles. The van der Waals surface area contributed by atoms with Crippen molar-refractivity contribution in [3.63, 3.8) is 0 Å². The number of unbranched alkanes of at least 4 members (excludes halogenated alkanes) is 5. The zero-order valence-electron chi connectivity index (χ0n) is 14.4. The van der Waals surface area contributed by atoms with Gasteiger partial charge < -0.3 is 9.88 Å². The highest BCUT2D eigenvalue weighted by Crippen LogP contribution is 2.12. The first kappa shape index (κ1) is 18.2. The summed E-state index contributed by atoms with van der Waals surface area (Å²) in [6.07, 6.45) is 17.1. The minimum Gasteiger partial charge on any atom is -0.338 e. The second-order valence-corrected chi connectivity index (χ2v) is 6.20. The number of hydrogen-bond donors (Lipinski definition) is 1. The normalized spacial score (nSPS) is 12.7. The van der Waals surface area contributed by atoms with E-state index in [0.29, 0.717) is 6.04 Å². The molecule has 0 fully saturated rings. The largest absolute Gasteiger partial charge is 0.338 e. The van der Waals surface area contributed by atoms with Crippen molar-refractivity contribution in [2.24, 2.45) is 7.05 Å². The Morgan fingerprint density at radius 1 is 1.05 bits per heavy atom. The molecule has 3 heteroatoms. The number of hydrogen-bond acceptors (Lipinski definition) is 2. The van der Waals surface area contributed by atoms with E-state index in [0.717, 1.165) is 13.0 Å². The van der Waals surface area contributed by atoms with Crippen molar-refractivity contribution in [2.75, 3.05) is 6.54 Å². The number of rotatable bonds is 13. The average Bonchev–Trinajstić information content (AvgIpc) is 2.90. The summed E-state index contributed by atoms with van der Waals surface area (Å²) in [5, 5.41) is 3.72. The molecular weight excluding hydrogens is 258 g/mol. The summed E-state index contributed by atoms with van der Waals surface area (Å²) < 4.78 is 2.14. The third-order valence-corrected chi connectivity index (χ3v) is 4.23. The Labute approximate surface area is 131 Å². The third kappa shape index (κ3) is 8.25. The molecule has 0 aliphatic rings. The minimum absolute atomic E-state index is 0.660. The zero-order valence-corrected chi connectivity index (χ0v) is 14.4. The Bertz CT molecular complexity index is 346. The molecule has 0 aromatic carbocycles. The predicted octanol–water partition coefficient (Wildman–Crippen LogP) is 4.47. The molecule has 0 radical (unpaired) electrons. The highest BCUT2D eigenvalue weighted by molar-refractivity contribution is 4.92. The van der Waals surface area contributed by atoms with Crippen molar-refractivity contribution in [2.45, 2.75) is 84.1 Å². The monoisotopic (exact) mass is 293 g/mol. The van der Waals surface area contributed by atoms with E-state index in [4.69, 9.17) is 0 Å². The van der Waals surface area contributed by atoms with E-state index in [1.54, 1.807) is 0 Å². The van der Waals surface area contributed by atoms with E-state index in [2.05, 4.69) is 35.8 Å². The summed E-state index contributed by atoms with van der Waals surface area (Å²) in [4.78, 5) is 4.43. The fraction of sp³-hybridized carbons (Fsp3) is 0.833. The fourth-order valence-corrected chi connectivity index (χ4v) is 2.81. The van der Waals surface area contributed by atoms with E-state index in [9.17, 15) is 0 Å². The quantitative estimate of drug-likeness (QED) is 0.544. The van der Waals surface area contributed by atoms with Crippen LogP contribution in [-0.4, -0.2) is 22.1 Å². The van der Waals surface area contributed by atoms with Crippen LogP contribution in [0.2, 0.25) is 0 Å². The molecule has 1 aromatic heterocycles. The first-order valence-electron chi connectivity index (χ1n) is 8.97. The van der Waals surface area contributed by atoms with Crippen molar-refractivity contribution in [3.05, 3.63) is 18.2 Å². The van der Waals surface area contributed by atoms with Gasteiger partial charge in [-0.25, -0.2) is 4.98 Å². The molecule has 0 aliphatic carbocycles. The van der Waals surface area contributed by atoms with Gasteiger partial charge in [0.15, 0.2) is 0 Å². The molecular formula is C18H35N3. The smallest absolute Gasteiger partial charge is 0.108 e. The number of nitrogens with one attached hydrogen (secondary N) is 1. The third-order valence-electron chi connectivity index (χ3n) is 4.23. The summed E-state index contributed by atoms with van der Waals surface area (Å²) in [5.74, 6) is 1.21. The van der Waals surface area contributed by atoms with E-state index in [-0.39, 0.29) is 0 Å². The van der Waals surface area contributed by atoms with Crippen molar-refractivity contribution in [1.82, 2.24) is 14.9 Å². The summed E-state index contributed by atoms with van der Waals surface area (Å²) in [6, 6.07) is 0.660. The average molecular weight is 293 g/mol. The molecule has 1 atom stereocenters. The van der Waals surface area contributed by atoms with Gasteiger partial charge in [-0.2, -0.15) is 0 Å². The van der Waals surface area contributed by atoms with Gasteiger partial charge in [-0.05, 0) is 25.8 Å². The first-order valence-corrected chi connectivity index (χ1v) is 8.97. The summed E-state index contributed by atoms with van der Waals surface area (Å²) in [6.45, 7) is 5.66. The number of aryl methyl sites for hydroxylation is 2. The maximum atomic E-state index is 4.43. The Morgan fingerprint density at radius 3 is 2.48 bits per heavy atom. The lowest BCUT2D eigenvalue weighted by atomic mass is 10.0. The van der Waals surface area contributed by atoms with Crippen LogP contribution in [-0.2, 0) is 13.5 Å². The van der Waals surface area contributed by atoms with Crippen LogP contribution < -0.4 is 5.32 Å². The van der Waals surface area contributed by atoms with Crippen LogP contribution in [0.4, 0.5) is 0 Å². The Hall–Kier alpha value is -0.830. The van der Waals surface area contributed by atoms with Crippen LogP contribution in [0.15, 0.2) is 12.4 Å². The molecule has 21 heavy (non-hydrogen) atoms. The second kappa shape index (κ2) is 11.8. The molecule has 0 bridgehead atoms. The van der Waals surface area contributed by atoms with Crippen molar-refractivity contribution >= 4 is 0 Å². The van der Waals surface area contributed by atoms with Crippen LogP contribution in [0, 0.1) is 0 Å². The molecule has 1 rings (SSSR count). The van der Waals surface area contributed by atoms with Gasteiger partial charge in [0.2, 0.25) is 0 Å². The molecule has 0 spiro atoms. The van der Waals surface area contributed by atoms with Crippen LogP contribution in [0.1, 0.15) is 77.5 Å². The highest BCUT2D eigenvalue weighted by atomic mass is 15.0. The van der Waals surface area contributed by atoms with Gasteiger partial charge in [-0.3, -0.25) is 0 Å². The maximum Gasteiger partial charge on any atom is 0.108 e. The van der Waals surface area contributed by atoms with Crippen LogP contribution in [0.25, 0.3) is 0 Å². The Kier molecular flexibility index (Phi) is 10.2. The molecule has 1 aromatic rings. The number of nitrogens with zero attached hydrogens (tertiary/aromatic N) is 2. The molecule has 3 nitrogen and oxygen atoms in total. The summed E-state index contributed by atoms with van der Waals surface area (Å²) in [7, 11) is 2.09. The Balaban J connectivity index is 2.22. The molecule has 0 amide bonds. The molecule has 122 valence electrons. The summed E-state index contributed by atoms with van der Waals surface area (Å²) in [5.41, 5.74) is 0. The minimum atomic E-state index is 0.660. The molecule has 1 heterocycles. The van der Waals surface area contributed by atoms with Gasteiger partial charge in [0, 0.05) is 31.9 Å². The summed E-state index contributed by atoms with van der Waals surface area (Å²) >= 11 is 0. The van der Waals surface area contributed by atoms with E-state index < -0.39 is 0 Å². The van der Waals surface area contributed by atoms with Crippen LogP contribution in [0.3, 0.4) is 0 Å². The van der Waals surface area contributed by atoms with Gasteiger partial charge in [0.1, 0.15) is 5.82 Å². The number of imidazole rings is 1. The van der Waals surface area contributed by atoms with Gasteiger partial charge in [-0.1, -0.05) is 52.4 Å². The van der Waals surface area contributed by atoms with Gasteiger partial charge in [0.05, 0.1) is 0 Å². The van der Waals surface area contributed by atoms with Gasteiger partial charge in [0.25, 0.3) is 0 Å². The van der Waals surface area contributed by atoms with Crippen molar-refractivity contribution in [3.8, 4) is 0 Å². The van der Waals surface area contributed by atoms with E-state index in [1.807, 2.05) is 12.4 Å². The molecule has 1 unspecified atom stereocenters. The van der Waals surface area contributed by atoms with E-state index >= 15 is 0 Å². The van der Waals surface area contributed by atoms with Crippen LogP contribution in [0.5, 0.6) is 0 Å². The number of aromatic nitrogens is 2. The fourth-order valence-electron chi connectivity index (χ4n) is 2.81. The Morgan fingerprint density at radius 2 is 1.81 bits per heavy atom. The van der Waals surface area contributed by atoms with Crippen molar-refractivity contribution in [1.29, 1.82) is 0 Å². The predicted molar refractivity (Wildman–Crippen MR) is 91.6 cm³/mol. The lowest BCUT2D eigenvalue weighted by molar-refractivity contribution is 0.426. The van der Waals surface area contributed by atoms with Gasteiger partial charge >= 0.3 is 0 Å². The zero-order chi connectivity index (χ0) is 15.3. The first-order chi connectivity index (χ1) is 10.3.